The van der Waals surface area contributed by atoms with Crippen LogP contribution in [0.25, 0.3) is 11.3 Å². The molecule has 1 aromatic heterocycles. The summed E-state index contributed by atoms with van der Waals surface area (Å²) in [4.78, 5) is 0. The second-order valence-corrected chi connectivity index (χ2v) is 5.49. The molecule has 0 fully saturated rings. The lowest BCUT2D eigenvalue weighted by Crippen LogP contribution is -1.99. The highest BCUT2D eigenvalue weighted by Crippen LogP contribution is 2.26. The van der Waals surface area contributed by atoms with Gasteiger partial charge in [0.2, 0.25) is 0 Å². The van der Waals surface area contributed by atoms with Crippen molar-refractivity contribution in [3.8, 4) is 11.3 Å². The first-order valence-corrected chi connectivity index (χ1v) is 6.55. The van der Waals surface area contributed by atoms with Gasteiger partial charge in [0.25, 0.3) is 0 Å². The maximum Gasteiger partial charge on any atom is 0.136 e. The van der Waals surface area contributed by atoms with Crippen molar-refractivity contribution >= 4 is 22.6 Å². The third-order valence-corrected chi connectivity index (χ3v) is 3.16. The summed E-state index contributed by atoms with van der Waals surface area (Å²) in [6.45, 7) is 3.96. The number of rotatable bonds is 2. The Hall–Kier alpha value is -1.11. The molecule has 0 atom stereocenters. The third-order valence-electron chi connectivity index (χ3n) is 2.54. The molecule has 0 aliphatic carbocycles. The predicted octanol–water partition coefficient (Wildman–Crippen LogP) is 4.15. The van der Waals surface area contributed by atoms with E-state index in [0.29, 0.717) is 3.57 Å². The van der Waals surface area contributed by atoms with Crippen LogP contribution in [0.15, 0.2) is 24.3 Å². The molecule has 1 aromatic carbocycles. The molecule has 0 aliphatic heterocycles. The summed E-state index contributed by atoms with van der Waals surface area (Å²) in [7, 11) is 0. The zero-order valence-corrected chi connectivity index (χ0v) is 12.1. The number of benzene rings is 1. The van der Waals surface area contributed by atoms with Crippen molar-refractivity contribution in [2.24, 2.45) is 0 Å². The summed E-state index contributed by atoms with van der Waals surface area (Å²) in [6.07, 6.45) is 0. The van der Waals surface area contributed by atoms with Crippen LogP contribution < -0.4 is 0 Å². The Labute approximate surface area is 118 Å². The van der Waals surface area contributed by atoms with E-state index in [-0.39, 0.29) is 17.2 Å². The van der Waals surface area contributed by atoms with E-state index < -0.39 is 11.6 Å². The molecule has 2 aromatic rings. The fourth-order valence-electron chi connectivity index (χ4n) is 1.57. The molecule has 0 unspecified atom stereocenters. The van der Waals surface area contributed by atoms with Gasteiger partial charge >= 0.3 is 0 Å². The molecule has 0 saturated carbocycles. The molecule has 0 spiro atoms. The fraction of sp³-hybridized carbons (Fsp3) is 0.231. The summed E-state index contributed by atoms with van der Waals surface area (Å²) >= 11 is 1.87. The minimum absolute atomic E-state index is 0.127. The Morgan fingerprint density at radius 3 is 2.11 bits per heavy atom. The molecular formula is C13H11F2IN2. The molecule has 0 saturated heterocycles. The van der Waals surface area contributed by atoms with E-state index in [0.717, 1.165) is 5.69 Å². The molecule has 0 amide bonds. The standard InChI is InChI=1S/C13H11F2IN2/c1-7(2)11-3-4-12(18-17-11)13-9(14)5-8(16)6-10(13)15/h3-7H,1-2H3. The minimum Gasteiger partial charge on any atom is -0.206 e. The molecule has 0 aliphatic rings. The monoisotopic (exact) mass is 360 g/mol. The van der Waals surface area contributed by atoms with Gasteiger partial charge < -0.3 is 0 Å². The number of nitrogens with zero attached hydrogens (tertiary/aromatic N) is 2. The summed E-state index contributed by atoms with van der Waals surface area (Å²) < 4.78 is 28.0. The smallest absolute Gasteiger partial charge is 0.136 e. The Morgan fingerprint density at radius 2 is 1.67 bits per heavy atom. The molecule has 0 bridgehead atoms. The van der Waals surface area contributed by atoms with Crippen LogP contribution in [0.5, 0.6) is 0 Å². The maximum atomic E-state index is 13.7. The van der Waals surface area contributed by atoms with E-state index in [1.807, 2.05) is 36.4 Å². The Bertz CT molecular complexity index is 545. The molecule has 18 heavy (non-hydrogen) atoms. The summed E-state index contributed by atoms with van der Waals surface area (Å²) in [5, 5.41) is 7.86. The van der Waals surface area contributed by atoms with Gasteiger partial charge in [-0.25, -0.2) is 8.78 Å². The summed E-state index contributed by atoms with van der Waals surface area (Å²) in [6, 6.07) is 5.88. The van der Waals surface area contributed by atoms with Crippen molar-refractivity contribution in [1.29, 1.82) is 0 Å². The number of hydrogen-bond acceptors (Lipinski definition) is 2. The first-order valence-electron chi connectivity index (χ1n) is 5.47. The van der Waals surface area contributed by atoms with Crippen LogP contribution in [-0.2, 0) is 0 Å². The molecule has 94 valence electrons. The Kier molecular flexibility index (Phi) is 3.89. The van der Waals surface area contributed by atoms with E-state index in [9.17, 15) is 8.78 Å². The normalized spacial score (nSPS) is 11.0. The fourth-order valence-corrected chi connectivity index (χ4v) is 2.12. The van der Waals surface area contributed by atoms with Crippen LogP contribution in [0.2, 0.25) is 0 Å². The molecule has 2 nitrogen and oxygen atoms in total. The van der Waals surface area contributed by atoms with Gasteiger partial charge in [-0.1, -0.05) is 13.8 Å². The van der Waals surface area contributed by atoms with Crippen LogP contribution >= 0.6 is 22.6 Å². The van der Waals surface area contributed by atoms with E-state index in [4.69, 9.17) is 0 Å². The highest BCUT2D eigenvalue weighted by molar-refractivity contribution is 14.1. The van der Waals surface area contributed by atoms with Crippen molar-refractivity contribution in [2.75, 3.05) is 0 Å². The first kappa shape index (κ1) is 13.3. The van der Waals surface area contributed by atoms with E-state index in [2.05, 4.69) is 10.2 Å². The highest BCUT2D eigenvalue weighted by Gasteiger charge is 2.14. The van der Waals surface area contributed by atoms with E-state index in [1.165, 1.54) is 12.1 Å². The van der Waals surface area contributed by atoms with Crippen molar-refractivity contribution in [3.63, 3.8) is 0 Å². The molecular weight excluding hydrogens is 349 g/mol. The summed E-state index contributed by atoms with van der Waals surface area (Å²) in [5.74, 6) is -1.00. The van der Waals surface area contributed by atoms with Crippen LogP contribution in [0.1, 0.15) is 25.5 Å². The Balaban J connectivity index is 2.49. The second kappa shape index (κ2) is 5.26. The minimum atomic E-state index is -0.619. The molecule has 0 radical (unpaired) electrons. The van der Waals surface area contributed by atoms with Gasteiger partial charge in [-0.2, -0.15) is 10.2 Å². The van der Waals surface area contributed by atoms with Gasteiger partial charge in [-0.3, -0.25) is 0 Å². The van der Waals surface area contributed by atoms with Crippen molar-refractivity contribution < 1.29 is 8.78 Å². The topological polar surface area (TPSA) is 25.8 Å². The van der Waals surface area contributed by atoms with Gasteiger partial charge in [0, 0.05) is 3.57 Å². The van der Waals surface area contributed by atoms with Gasteiger partial charge in [0.15, 0.2) is 0 Å². The molecule has 2 rings (SSSR count). The van der Waals surface area contributed by atoms with Crippen molar-refractivity contribution in [2.45, 2.75) is 19.8 Å². The third kappa shape index (κ3) is 2.66. The van der Waals surface area contributed by atoms with Gasteiger partial charge in [-0.15, -0.1) is 0 Å². The van der Waals surface area contributed by atoms with Crippen molar-refractivity contribution in [3.05, 3.63) is 45.2 Å². The average molecular weight is 360 g/mol. The zero-order chi connectivity index (χ0) is 13.3. The van der Waals surface area contributed by atoms with Gasteiger partial charge in [0.1, 0.15) is 11.6 Å². The highest BCUT2D eigenvalue weighted by atomic mass is 127. The maximum absolute atomic E-state index is 13.7. The molecule has 1 heterocycles. The summed E-state index contributed by atoms with van der Waals surface area (Å²) in [5.41, 5.74) is 0.883. The first-order chi connectivity index (χ1) is 8.49. The largest absolute Gasteiger partial charge is 0.206 e. The van der Waals surface area contributed by atoms with E-state index >= 15 is 0 Å². The lowest BCUT2D eigenvalue weighted by molar-refractivity contribution is 0.586. The second-order valence-electron chi connectivity index (χ2n) is 4.24. The average Bonchev–Trinajstić information content (AvgIpc) is 2.28. The number of aromatic nitrogens is 2. The lowest BCUT2D eigenvalue weighted by Gasteiger charge is -2.07. The number of hydrogen-bond donors (Lipinski definition) is 0. The van der Waals surface area contributed by atoms with E-state index in [1.54, 1.807) is 12.1 Å². The molecule has 5 heteroatoms. The quantitative estimate of drug-likeness (QED) is 0.752. The van der Waals surface area contributed by atoms with Crippen molar-refractivity contribution in [1.82, 2.24) is 10.2 Å². The van der Waals surface area contributed by atoms with Gasteiger partial charge in [0.05, 0.1) is 17.0 Å². The Morgan fingerprint density at radius 1 is 1.06 bits per heavy atom. The van der Waals surface area contributed by atoms with Gasteiger partial charge in [-0.05, 0) is 52.8 Å². The predicted molar refractivity (Wildman–Crippen MR) is 74.2 cm³/mol. The number of halogens is 3. The van der Waals surface area contributed by atoms with Crippen LogP contribution in [0, 0.1) is 15.2 Å². The zero-order valence-electron chi connectivity index (χ0n) is 9.92. The lowest BCUT2D eigenvalue weighted by atomic mass is 10.1. The molecule has 0 N–H and O–H groups in total. The van der Waals surface area contributed by atoms with Crippen LogP contribution in [-0.4, -0.2) is 10.2 Å². The van der Waals surface area contributed by atoms with Crippen LogP contribution in [0.4, 0.5) is 8.78 Å². The SMILES string of the molecule is CC(C)c1ccc(-c2c(F)cc(I)cc2F)nn1. The van der Waals surface area contributed by atoms with Crippen LogP contribution in [0.3, 0.4) is 0 Å².